The average molecular weight is 241 g/mol. The van der Waals surface area contributed by atoms with Gasteiger partial charge in [0.05, 0.1) is 18.2 Å². The van der Waals surface area contributed by atoms with Crippen LogP contribution in [0.5, 0.6) is 0 Å². The topological polar surface area (TPSA) is 25.4 Å². The molecule has 0 N–H and O–H groups in total. The molecule has 0 aromatic carbocycles. The van der Waals surface area contributed by atoms with Crippen molar-refractivity contribution < 1.29 is 4.74 Å². The van der Waals surface area contributed by atoms with Gasteiger partial charge in [0, 0.05) is 26.1 Å². The van der Waals surface area contributed by atoms with E-state index in [2.05, 4.69) is 9.88 Å². The maximum Gasteiger partial charge on any atom is 0.128 e. The fourth-order valence-electron chi connectivity index (χ4n) is 2.13. The zero-order chi connectivity index (χ0) is 11.4. The van der Waals surface area contributed by atoms with Crippen LogP contribution >= 0.6 is 11.6 Å². The van der Waals surface area contributed by atoms with E-state index in [1.807, 2.05) is 18.2 Å². The molecule has 2 rings (SSSR count). The van der Waals surface area contributed by atoms with Gasteiger partial charge in [-0.1, -0.05) is 6.07 Å². The summed E-state index contributed by atoms with van der Waals surface area (Å²) in [6.07, 6.45) is 1.18. The second-order valence-corrected chi connectivity index (χ2v) is 4.44. The van der Waals surface area contributed by atoms with E-state index in [1.54, 1.807) is 7.11 Å². The molecule has 1 aromatic rings. The lowest BCUT2D eigenvalue weighted by molar-refractivity contribution is 0.161. The Labute approximate surface area is 101 Å². The third-order valence-corrected chi connectivity index (χ3v) is 3.22. The van der Waals surface area contributed by atoms with E-state index in [0.717, 1.165) is 31.2 Å². The highest BCUT2D eigenvalue weighted by Gasteiger charge is 2.23. The molecule has 1 aliphatic heterocycles. The summed E-state index contributed by atoms with van der Waals surface area (Å²) in [6, 6.07) is 6.02. The summed E-state index contributed by atoms with van der Waals surface area (Å²) in [5.41, 5.74) is 0.939. The maximum atomic E-state index is 5.78. The molecule has 1 aliphatic rings. The van der Waals surface area contributed by atoms with Gasteiger partial charge in [0.15, 0.2) is 0 Å². The van der Waals surface area contributed by atoms with E-state index in [4.69, 9.17) is 16.3 Å². The second kappa shape index (κ2) is 5.51. The number of anilines is 1. The Kier molecular flexibility index (Phi) is 4.02. The first-order chi connectivity index (χ1) is 7.83. The van der Waals surface area contributed by atoms with E-state index in [1.165, 1.54) is 6.42 Å². The lowest BCUT2D eigenvalue weighted by Gasteiger charge is -2.17. The summed E-state index contributed by atoms with van der Waals surface area (Å²) in [5.74, 6) is 2.15. The average Bonchev–Trinajstić information content (AvgIpc) is 2.78. The second-order valence-electron chi connectivity index (χ2n) is 4.18. The number of alkyl halides is 1. The molecule has 1 atom stereocenters. The van der Waals surface area contributed by atoms with Crippen LogP contribution in [0.4, 0.5) is 5.82 Å². The molecule has 0 radical (unpaired) electrons. The van der Waals surface area contributed by atoms with Gasteiger partial charge >= 0.3 is 0 Å². The Morgan fingerprint density at radius 1 is 1.56 bits per heavy atom. The first kappa shape index (κ1) is 11.7. The van der Waals surface area contributed by atoms with Gasteiger partial charge in [0.2, 0.25) is 0 Å². The van der Waals surface area contributed by atoms with Crippen LogP contribution in [0.2, 0.25) is 0 Å². The molecule has 1 aromatic heterocycles. The fourth-order valence-corrected chi connectivity index (χ4v) is 2.28. The highest BCUT2D eigenvalue weighted by molar-refractivity contribution is 6.16. The van der Waals surface area contributed by atoms with Crippen LogP contribution in [0.1, 0.15) is 12.1 Å². The number of ether oxygens (including phenoxy) is 1. The van der Waals surface area contributed by atoms with Gasteiger partial charge in [0.1, 0.15) is 5.82 Å². The third kappa shape index (κ3) is 2.66. The van der Waals surface area contributed by atoms with Crippen molar-refractivity contribution in [2.75, 3.05) is 31.7 Å². The summed E-state index contributed by atoms with van der Waals surface area (Å²) in [5, 5.41) is 0. The molecule has 0 spiro atoms. The Bertz CT molecular complexity index is 346. The SMILES string of the molecule is COCC1CCN(c2cccc(CCl)n2)C1. The highest BCUT2D eigenvalue weighted by Crippen LogP contribution is 2.22. The molecule has 2 heterocycles. The van der Waals surface area contributed by atoms with Crippen molar-refractivity contribution in [2.24, 2.45) is 5.92 Å². The van der Waals surface area contributed by atoms with Crippen LogP contribution in [0.15, 0.2) is 18.2 Å². The first-order valence-electron chi connectivity index (χ1n) is 5.59. The lowest BCUT2D eigenvalue weighted by atomic mass is 10.1. The van der Waals surface area contributed by atoms with Crippen molar-refractivity contribution in [2.45, 2.75) is 12.3 Å². The van der Waals surface area contributed by atoms with Crippen molar-refractivity contribution in [3.8, 4) is 0 Å². The summed E-state index contributed by atoms with van der Waals surface area (Å²) in [7, 11) is 1.76. The minimum Gasteiger partial charge on any atom is -0.384 e. The zero-order valence-corrected chi connectivity index (χ0v) is 10.3. The van der Waals surface area contributed by atoms with Gasteiger partial charge < -0.3 is 9.64 Å². The molecule has 1 unspecified atom stereocenters. The molecule has 16 heavy (non-hydrogen) atoms. The van der Waals surface area contributed by atoms with Gasteiger partial charge in [-0.15, -0.1) is 11.6 Å². The van der Waals surface area contributed by atoms with Crippen molar-refractivity contribution in [3.63, 3.8) is 0 Å². The van der Waals surface area contributed by atoms with Gasteiger partial charge in [-0.2, -0.15) is 0 Å². The van der Waals surface area contributed by atoms with Gasteiger partial charge in [-0.3, -0.25) is 0 Å². The van der Waals surface area contributed by atoms with Crippen LogP contribution in [-0.4, -0.2) is 31.8 Å². The smallest absolute Gasteiger partial charge is 0.128 e. The monoisotopic (exact) mass is 240 g/mol. The molecule has 4 heteroatoms. The lowest BCUT2D eigenvalue weighted by Crippen LogP contribution is -2.22. The van der Waals surface area contributed by atoms with Crippen LogP contribution in [0.3, 0.4) is 0 Å². The van der Waals surface area contributed by atoms with E-state index >= 15 is 0 Å². The summed E-state index contributed by atoms with van der Waals surface area (Å²) in [6.45, 7) is 2.94. The van der Waals surface area contributed by atoms with Crippen LogP contribution in [-0.2, 0) is 10.6 Å². The largest absolute Gasteiger partial charge is 0.384 e. The number of methoxy groups -OCH3 is 1. The number of hydrogen-bond donors (Lipinski definition) is 0. The molecule has 1 fully saturated rings. The zero-order valence-electron chi connectivity index (χ0n) is 9.53. The van der Waals surface area contributed by atoms with Crippen LogP contribution in [0.25, 0.3) is 0 Å². The minimum absolute atomic E-state index is 0.475. The predicted octanol–water partition coefficient (Wildman–Crippen LogP) is 2.29. The first-order valence-corrected chi connectivity index (χ1v) is 6.12. The molecule has 88 valence electrons. The third-order valence-electron chi connectivity index (χ3n) is 2.94. The molecule has 3 nitrogen and oxygen atoms in total. The van der Waals surface area contributed by atoms with E-state index in [-0.39, 0.29) is 0 Å². The number of rotatable bonds is 4. The highest BCUT2D eigenvalue weighted by atomic mass is 35.5. The van der Waals surface area contributed by atoms with Gasteiger partial charge in [-0.25, -0.2) is 4.98 Å². The molecular weight excluding hydrogens is 224 g/mol. The standard InChI is InChI=1S/C12H17ClN2O/c1-16-9-10-5-6-15(8-10)12-4-2-3-11(7-13)14-12/h2-4,10H,5-9H2,1H3. The molecule has 0 amide bonds. The number of aromatic nitrogens is 1. The van der Waals surface area contributed by atoms with Crippen molar-refractivity contribution >= 4 is 17.4 Å². The van der Waals surface area contributed by atoms with E-state index < -0.39 is 0 Å². The van der Waals surface area contributed by atoms with E-state index in [0.29, 0.717) is 11.8 Å². The fraction of sp³-hybridized carbons (Fsp3) is 0.583. The summed E-state index contributed by atoms with van der Waals surface area (Å²) >= 11 is 5.78. The van der Waals surface area contributed by atoms with Gasteiger partial charge in [0.25, 0.3) is 0 Å². The molecular formula is C12H17ClN2O. The Hall–Kier alpha value is -0.800. The van der Waals surface area contributed by atoms with Crippen molar-refractivity contribution in [3.05, 3.63) is 23.9 Å². The number of halogens is 1. The maximum absolute atomic E-state index is 5.78. The molecule has 0 saturated carbocycles. The minimum atomic E-state index is 0.475. The molecule has 0 aliphatic carbocycles. The Morgan fingerprint density at radius 3 is 3.19 bits per heavy atom. The Morgan fingerprint density at radius 2 is 2.44 bits per heavy atom. The predicted molar refractivity (Wildman–Crippen MR) is 66.0 cm³/mol. The Balaban J connectivity index is 2.02. The quantitative estimate of drug-likeness (QED) is 0.756. The summed E-state index contributed by atoms with van der Waals surface area (Å²) < 4.78 is 5.19. The number of pyridine rings is 1. The normalized spacial score (nSPS) is 20.4. The molecule has 0 bridgehead atoms. The summed E-state index contributed by atoms with van der Waals surface area (Å²) in [4.78, 5) is 6.83. The number of nitrogens with zero attached hydrogens (tertiary/aromatic N) is 2. The van der Waals surface area contributed by atoms with Crippen molar-refractivity contribution in [1.82, 2.24) is 4.98 Å². The van der Waals surface area contributed by atoms with Crippen LogP contribution in [0, 0.1) is 5.92 Å². The van der Waals surface area contributed by atoms with Gasteiger partial charge in [-0.05, 0) is 18.6 Å². The number of hydrogen-bond acceptors (Lipinski definition) is 3. The molecule has 1 saturated heterocycles. The van der Waals surface area contributed by atoms with Crippen LogP contribution < -0.4 is 4.90 Å². The van der Waals surface area contributed by atoms with E-state index in [9.17, 15) is 0 Å². The van der Waals surface area contributed by atoms with Crippen molar-refractivity contribution in [1.29, 1.82) is 0 Å².